The number of hydrogen-bond acceptors (Lipinski definition) is 3. The molecule has 0 aromatic heterocycles. The van der Waals surface area contributed by atoms with Crippen LogP contribution in [0.2, 0.25) is 0 Å². The zero-order valence-electron chi connectivity index (χ0n) is 10.4. The minimum atomic E-state index is -0.382. The average molecular weight is 233 g/mol. The highest BCUT2D eigenvalue weighted by atomic mass is 16.2. The molecule has 0 unspecified atom stereocenters. The van der Waals surface area contributed by atoms with Gasteiger partial charge < -0.3 is 16.0 Å². The lowest BCUT2D eigenvalue weighted by molar-refractivity contribution is -0.118. The fraction of sp³-hybridized carbons (Fsp3) is 0.462. The zero-order valence-corrected chi connectivity index (χ0v) is 10.4. The number of rotatable bonds is 2. The molecular weight excluding hydrogens is 214 g/mol. The largest absolute Gasteiger partial charge is 0.322 e. The number of piperazine rings is 1. The third-order valence-electron chi connectivity index (χ3n) is 2.99. The van der Waals surface area contributed by atoms with Crippen LogP contribution in [-0.4, -0.2) is 25.5 Å². The topological polar surface area (TPSA) is 58.4 Å². The fourth-order valence-corrected chi connectivity index (χ4v) is 1.95. The molecule has 1 saturated heterocycles. The number of nitrogens with zero attached hydrogens (tertiary/aromatic N) is 1. The van der Waals surface area contributed by atoms with Gasteiger partial charge in [-0.1, -0.05) is 12.1 Å². The van der Waals surface area contributed by atoms with E-state index in [2.05, 4.69) is 5.32 Å². The molecule has 0 spiro atoms. The summed E-state index contributed by atoms with van der Waals surface area (Å²) in [6, 6.07) is 7.91. The number of nitrogens with two attached hydrogens (primary N) is 1. The lowest BCUT2D eigenvalue weighted by atomic mass is 9.95. The molecule has 1 aromatic carbocycles. The van der Waals surface area contributed by atoms with E-state index in [1.807, 2.05) is 43.0 Å². The Kier molecular flexibility index (Phi) is 3.17. The van der Waals surface area contributed by atoms with Crippen LogP contribution in [0.5, 0.6) is 0 Å². The van der Waals surface area contributed by atoms with Crippen LogP contribution in [0.25, 0.3) is 0 Å². The van der Waals surface area contributed by atoms with Crippen LogP contribution < -0.4 is 16.0 Å². The molecule has 0 saturated carbocycles. The van der Waals surface area contributed by atoms with Crippen LogP contribution in [0, 0.1) is 0 Å². The van der Waals surface area contributed by atoms with Crippen molar-refractivity contribution in [3.8, 4) is 0 Å². The second kappa shape index (κ2) is 4.47. The number of hydrogen-bond donors (Lipinski definition) is 2. The number of anilines is 1. The van der Waals surface area contributed by atoms with Crippen LogP contribution in [0.3, 0.4) is 0 Å². The first kappa shape index (κ1) is 12.1. The van der Waals surface area contributed by atoms with Crippen molar-refractivity contribution in [1.82, 2.24) is 5.32 Å². The summed E-state index contributed by atoms with van der Waals surface area (Å²) in [6.07, 6.45) is 0. The third kappa shape index (κ3) is 2.65. The molecule has 92 valence electrons. The van der Waals surface area contributed by atoms with Crippen molar-refractivity contribution in [1.29, 1.82) is 0 Å². The molecule has 0 atom stereocenters. The van der Waals surface area contributed by atoms with Gasteiger partial charge >= 0.3 is 0 Å². The number of nitrogens with one attached hydrogen (secondary N) is 1. The first-order valence-corrected chi connectivity index (χ1v) is 5.89. The molecule has 1 amide bonds. The van der Waals surface area contributed by atoms with E-state index in [1.165, 1.54) is 0 Å². The summed E-state index contributed by atoms with van der Waals surface area (Å²) in [6.45, 7) is 5.89. The van der Waals surface area contributed by atoms with E-state index in [1.54, 1.807) is 0 Å². The summed E-state index contributed by atoms with van der Waals surface area (Å²) < 4.78 is 0. The normalized spacial score (nSPS) is 17.4. The van der Waals surface area contributed by atoms with Crippen molar-refractivity contribution >= 4 is 11.6 Å². The predicted octanol–water partition coefficient (Wildman–Crippen LogP) is 0.817. The van der Waals surface area contributed by atoms with E-state index >= 15 is 0 Å². The van der Waals surface area contributed by atoms with Gasteiger partial charge in [0.2, 0.25) is 5.91 Å². The molecule has 0 radical (unpaired) electrons. The van der Waals surface area contributed by atoms with Crippen molar-refractivity contribution in [2.24, 2.45) is 5.73 Å². The summed E-state index contributed by atoms with van der Waals surface area (Å²) >= 11 is 0. The van der Waals surface area contributed by atoms with Crippen molar-refractivity contribution in [3.63, 3.8) is 0 Å². The van der Waals surface area contributed by atoms with E-state index in [0.29, 0.717) is 13.1 Å². The number of benzene rings is 1. The van der Waals surface area contributed by atoms with Gasteiger partial charge in [0.15, 0.2) is 0 Å². The van der Waals surface area contributed by atoms with Crippen molar-refractivity contribution < 1.29 is 4.79 Å². The molecule has 1 aliphatic heterocycles. The summed E-state index contributed by atoms with van der Waals surface area (Å²) in [5.41, 5.74) is 7.67. The SMILES string of the molecule is CC(C)(N)c1cccc(N2CCNCC2=O)c1. The first-order chi connectivity index (χ1) is 7.98. The third-order valence-corrected chi connectivity index (χ3v) is 2.99. The van der Waals surface area contributed by atoms with Crippen molar-refractivity contribution in [2.45, 2.75) is 19.4 Å². The molecule has 1 aromatic rings. The Morgan fingerprint density at radius 2 is 2.18 bits per heavy atom. The molecule has 2 rings (SSSR count). The van der Waals surface area contributed by atoms with E-state index in [0.717, 1.165) is 17.8 Å². The van der Waals surface area contributed by atoms with E-state index < -0.39 is 0 Å². The number of carbonyl (C=O) groups is 1. The highest BCUT2D eigenvalue weighted by Crippen LogP contribution is 2.23. The first-order valence-electron chi connectivity index (χ1n) is 5.89. The van der Waals surface area contributed by atoms with E-state index in [9.17, 15) is 4.79 Å². The maximum absolute atomic E-state index is 11.8. The molecule has 0 aliphatic carbocycles. The molecule has 4 nitrogen and oxygen atoms in total. The maximum Gasteiger partial charge on any atom is 0.240 e. The second-order valence-electron chi connectivity index (χ2n) is 4.99. The Morgan fingerprint density at radius 3 is 2.82 bits per heavy atom. The zero-order chi connectivity index (χ0) is 12.5. The van der Waals surface area contributed by atoms with Crippen LogP contribution in [-0.2, 0) is 10.3 Å². The molecule has 0 bridgehead atoms. The smallest absolute Gasteiger partial charge is 0.240 e. The number of carbonyl (C=O) groups excluding carboxylic acids is 1. The van der Waals surface area contributed by atoms with Gasteiger partial charge in [-0.3, -0.25) is 4.79 Å². The summed E-state index contributed by atoms with van der Waals surface area (Å²) in [7, 11) is 0. The Balaban J connectivity index is 2.29. The quantitative estimate of drug-likeness (QED) is 0.795. The minimum Gasteiger partial charge on any atom is -0.322 e. The van der Waals surface area contributed by atoms with Crippen LogP contribution in [0.4, 0.5) is 5.69 Å². The van der Waals surface area contributed by atoms with Gasteiger partial charge in [0, 0.05) is 24.3 Å². The van der Waals surface area contributed by atoms with Gasteiger partial charge in [-0.25, -0.2) is 0 Å². The van der Waals surface area contributed by atoms with Crippen molar-refractivity contribution in [3.05, 3.63) is 29.8 Å². The molecule has 3 N–H and O–H groups in total. The fourth-order valence-electron chi connectivity index (χ4n) is 1.95. The van der Waals surface area contributed by atoms with Gasteiger partial charge in [-0.2, -0.15) is 0 Å². The molecular formula is C13H19N3O. The van der Waals surface area contributed by atoms with E-state index in [-0.39, 0.29) is 11.4 Å². The van der Waals surface area contributed by atoms with Crippen LogP contribution in [0.1, 0.15) is 19.4 Å². The summed E-state index contributed by atoms with van der Waals surface area (Å²) in [4.78, 5) is 13.6. The lowest BCUT2D eigenvalue weighted by Gasteiger charge is -2.29. The minimum absolute atomic E-state index is 0.114. The van der Waals surface area contributed by atoms with Crippen LogP contribution >= 0.6 is 0 Å². The van der Waals surface area contributed by atoms with Gasteiger partial charge in [-0.15, -0.1) is 0 Å². The maximum atomic E-state index is 11.8. The Bertz CT molecular complexity index is 423. The summed E-state index contributed by atoms with van der Waals surface area (Å²) in [5, 5.41) is 3.06. The molecule has 4 heteroatoms. The number of amides is 1. The molecule has 1 fully saturated rings. The van der Waals surface area contributed by atoms with Gasteiger partial charge in [0.05, 0.1) is 6.54 Å². The monoisotopic (exact) mass is 233 g/mol. The van der Waals surface area contributed by atoms with Gasteiger partial charge in [0.25, 0.3) is 0 Å². The molecule has 17 heavy (non-hydrogen) atoms. The second-order valence-corrected chi connectivity index (χ2v) is 4.99. The van der Waals surface area contributed by atoms with Gasteiger partial charge in [0.1, 0.15) is 0 Å². The Labute approximate surface area is 102 Å². The van der Waals surface area contributed by atoms with Crippen molar-refractivity contribution in [2.75, 3.05) is 24.5 Å². The van der Waals surface area contributed by atoms with E-state index in [4.69, 9.17) is 5.73 Å². The molecule has 1 heterocycles. The van der Waals surface area contributed by atoms with Gasteiger partial charge in [-0.05, 0) is 31.5 Å². The predicted molar refractivity (Wildman–Crippen MR) is 68.9 cm³/mol. The van der Waals surface area contributed by atoms with Crippen LogP contribution in [0.15, 0.2) is 24.3 Å². The highest BCUT2D eigenvalue weighted by molar-refractivity contribution is 5.95. The lowest BCUT2D eigenvalue weighted by Crippen LogP contribution is -2.48. The average Bonchev–Trinajstić information content (AvgIpc) is 2.29. The highest BCUT2D eigenvalue weighted by Gasteiger charge is 2.21. The summed E-state index contributed by atoms with van der Waals surface area (Å²) in [5.74, 6) is 0.114. The molecule has 1 aliphatic rings. The standard InChI is InChI=1S/C13H19N3O/c1-13(2,14)10-4-3-5-11(8-10)16-7-6-15-9-12(16)17/h3-5,8,15H,6-7,9,14H2,1-2H3. The Hall–Kier alpha value is -1.39. The Morgan fingerprint density at radius 1 is 1.41 bits per heavy atom.